The Labute approximate surface area is 170 Å². The minimum Gasteiger partial charge on any atom is -0.388 e. The van der Waals surface area contributed by atoms with Crippen molar-refractivity contribution in [2.75, 3.05) is 0 Å². The van der Waals surface area contributed by atoms with Crippen LogP contribution < -0.4 is 0 Å². The summed E-state index contributed by atoms with van der Waals surface area (Å²) >= 11 is 0. The van der Waals surface area contributed by atoms with E-state index in [0.29, 0.717) is 0 Å². The highest BCUT2D eigenvalue weighted by molar-refractivity contribution is 6.69. The van der Waals surface area contributed by atoms with E-state index in [-0.39, 0.29) is 6.55 Å². The van der Waals surface area contributed by atoms with E-state index in [0.717, 1.165) is 27.7 Å². The Hall–Kier alpha value is -0.773. The van der Waals surface area contributed by atoms with Crippen LogP contribution in [0.3, 0.4) is 0 Å². The lowest BCUT2D eigenvalue weighted by Gasteiger charge is -2.44. The quantitative estimate of drug-likeness (QED) is 0.222. The van der Waals surface area contributed by atoms with Crippen LogP contribution in [0.2, 0.25) is 6.55 Å². The van der Waals surface area contributed by atoms with Crippen LogP contribution in [-0.4, -0.2) is 56.2 Å². The van der Waals surface area contributed by atoms with E-state index < -0.39 is 69.0 Å². The summed E-state index contributed by atoms with van der Waals surface area (Å²) in [6.45, 7) is 4.15. The Balaban J connectivity index is 6.44. The molecule has 31 heavy (non-hydrogen) atoms. The normalized spacial score (nSPS) is 15.9. The van der Waals surface area contributed by atoms with Crippen LogP contribution in [0.1, 0.15) is 40.5 Å². The van der Waals surface area contributed by atoms with Gasteiger partial charge < -0.3 is 8.85 Å². The van der Waals surface area contributed by atoms with Gasteiger partial charge in [-0.2, -0.15) is 57.1 Å². The molecule has 0 aliphatic carbocycles. The first-order valence-electron chi connectivity index (χ1n) is 8.60. The number of rotatable bonds is 11. The smallest absolute Gasteiger partial charge is 0.388 e. The van der Waals surface area contributed by atoms with E-state index in [2.05, 4.69) is 8.85 Å². The molecule has 16 heteroatoms. The standard InChI is InChI=1S/C15H21F13O2Si/c1-8(2)29-31(5,30-9(3)4)15(27,28)14(25,26)13(23,24)12(21,22)10(16,17)6-7-11(18,19)20/h8-9H,6-7H2,1-5H3. The van der Waals surface area contributed by atoms with Crippen molar-refractivity contribution < 1.29 is 65.9 Å². The van der Waals surface area contributed by atoms with Gasteiger partial charge in [0, 0.05) is 25.0 Å². The van der Waals surface area contributed by atoms with Gasteiger partial charge in [-0.05, 0) is 34.2 Å². The highest BCUT2D eigenvalue weighted by atomic mass is 28.4. The Morgan fingerprint density at radius 1 is 0.581 bits per heavy atom. The van der Waals surface area contributed by atoms with Crippen molar-refractivity contribution in [3.63, 3.8) is 0 Å². The molecule has 0 rings (SSSR count). The Kier molecular flexibility index (Phi) is 8.65. The second-order valence-corrected chi connectivity index (χ2v) is 10.4. The van der Waals surface area contributed by atoms with Crippen LogP contribution in [-0.2, 0) is 8.85 Å². The van der Waals surface area contributed by atoms with Crippen LogP contribution in [0.15, 0.2) is 0 Å². The summed E-state index contributed by atoms with van der Waals surface area (Å²) in [5.74, 6) is -28.4. The summed E-state index contributed by atoms with van der Waals surface area (Å²) < 4.78 is 185. The molecule has 2 nitrogen and oxygen atoms in total. The maximum atomic E-state index is 14.6. The Morgan fingerprint density at radius 2 is 0.935 bits per heavy atom. The van der Waals surface area contributed by atoms with Crippen molar-refractivity contribution in [3.8, 4) is 0 Å². The third kappa shape index (κ3) is 5.78. The summed E-state index contributed by atoms with van der Waals surface area (Å²) in [5.41, 5.74) is -6.22. The fraction of sp³-hybridized carbons (Fsp3) is 1.00. The first kappa shape index (κ1) is 30.2. The summed E-state index contributed by atoms with van der Waals surface area (Å²) in [5, 5.41) is 0. The lowest BCUT2D eigenvalue weighted by atomic mass is 9.95. The molecular formula is C15H21F13O2Si. The van der Waals surface area contributed by atoms with E-state index >= 15 is 0 Å². The van der Waals surface area contributed by atoms with E-state index in [9.17, 15) is 57.1 Å². The van der Waals surface area contributed by atoms with Crippen molar-refractivity contribution in [2.24, 2.45) is 0 Å². The van der Waals surface area contributed by atoms with E-state index in [1.807, 2.05) is 0 Å². The lowest BCUT2D eigenvalue weighted by molar-refractivity contribution is -0.395. The monoisotopic (exact) mass is 508 g/mol. The average Bonchev–Trinajstić information content (AvgIpc) is 2.49. The molecule has 0 unspecified atom stereocenters. The van der Waals surface area contributed by atoms with Gasteiger partial charge in [-0.15, -0.1) is 0 Å². The van der Waals surface area contributed by atoms with Crippen molar-refractivity contribution >= 4 is 8.56 Å². The molecule has 0 aliphatic heterocycles. The molecular weight excluding hydrogens is 487 g/mol. The third-order valence-electron chi connectivity index (χ3n) is 3.86. The van der Waals surface area contributed by atoms with Gasteiger partial charge in [0.25, 0.3) is 0 Å². The van der Waals surface area contributed by atoms with Gasteiger partial charge >= 0.3 is 44.0 Å². The maximum absolute atomic E-state index is 14.6. The fourth-order valence-corrected chi connectivity index (χ4v) is 5.32. The molecule has 0 amide bonds. The molecule has 0 aliphatic rings. The molecule has 0 spiro atoms. The molecule has 0 N–H and O–H groups in total. The first-order chi connectivity index (χ1) is 13.3. The number of alkyl halides is 13. The number of halogens is 13. The predicted octanol–water partition coefficient (Wildman–Crippen LogP) is 6.97. The zero-order valence-corrected chi connectivity index (χ0v) is 17.8. The topological polar surface area (TPSA) is 18.5 Å². The van der Waals surface area contributed by atoms with Crippen molar-refractivity contribution in [2.45, 2.75) is 94.7 Å². The molecule has 0 aromatic carbocycles. The predicted molar refractivity (Wildman–Crippen MR) is 84.1 cm³/mol. The second-order valence-electron chi connectivity index (χ2n) is 7.40. The fourth-order valence-electron chi connectivity index (χ4n) is 2.44. The van der Waals surface area contributed by atoms with Gasteiger partial charge in [0.1, 0.15) is 0 Å². The largest absolute Gasteiger partial charge is 0.419 e. The third-order valence-corrected chi connectivity index (χ3v) is 7.15. The van der Waals surface area contributed by atoms with Crippen molar-refractivity contribution in [1.29, 1.82) is 0 Å². The molecule has 0 heterocycles. The summed E-state index contributed by atoms with van der Waals surface area (Å²) in [7, 11) is -5.86. The summed E-state index contributed by atoms with van der Waals surface area (Å²) in [6.07, 6.45) is -14.1. The van der Waals surface area contributed by atoms with E-state index in [4.69, 9.17) is 0 Å². The van der Waals surface area contributed by atoms with Crippen LogP contribution in [0.25, 0.3) is 0 Å². The molecule has 0 saturated heterocycles. The highest BCUT2D eigenvalue weighted by Crippen LogP contribution is 2.60. The molecule has 0 aromatic rings. The van der Waals surface area contributed by atoms with E-state index in [1.165, 1.54) is 0 Å². The first-order valence-corrected chi connectivity index (χ1v) is 10.9. The van der Waals surface area contributed by atoms with Gasteiger partial charge in [-0.1, -0.05) is 0 Å². The van der Waals surface area contributed by atoms with Gasteiger partial charge in [-0.3, -0.25) is 0 Å². The van der Waals surface area contributed by atoms with Crippen LogP contribution in [0.4, 0.5) is 57.1 Å². The molecule has 0 fully saturated rings. The summed E-state index contributed by atoms with van der Waals surface area (Å²) in [6, 6.07) is 0. The molecule has 188 valence electrons. The lowest BCUT2D eigenvalue weighted by Crippen LogP contribution is -2.74. The molecule has 0 atom stereocenters. The SMILES string of the molecule is CC(C)O[Si](C)(OC(C)C)C(F)(F)C(F)(F)C(F)(F)C(F)(F)C(F)(F)CCC(F)(F)F. The molecule has 0 bridgehead atoms. The zero-order valence-electron chi connectivity index (χ0n) is 16.8. The summed E-state index contributed by atoms with van der Waals surface area (Å²) in [4.78, 5) is 0. The maximum Gasteiger partial charge on any atom is 0.419 e. The van der Waals surface area contributed by atoms with Gasteiger partial charge in [-0.25, -0.2) is 0 Å². The second kappa shape index (κ2) is 8.87. The van der Waals surface area contributed by atoms with Crippen molar-refractivity contribution in [1.82, 2.24) is 0 Å². The number of hydrogen-bond acceptors (Lipinski definition) is 2. The molecule has 0 radical (unpaired) electrons. The minimum absolute atomic E-state index is 0.150. The number of hydrogen-bond donors (Lipinski definition) is 0. The average molecular weight is 508 g/mol. The minimum atomic E-state index is -7.49. The van der Waals surface area contributed by atoms with Crippen LogP contribution >= 0.6 is 0 Å². The van der Waals surface area contributed by atoms with Crippen LogP contribution in [0, 0.1) is 0 Å². The zero-order chi connectivity index (χ0) is 25.5. The highest BCUT2D eigenvalue weighted by Gasteiger charge is 2.89. The molecule has 0 saturated carbocycles. The molecule has 0 aromatic heterocycles. The Morgan fingerprint density at radius 3 is 1.23 bits per heavy atom. The van der Waals surface area contributed by atoms with E-state index in [1.54, 1.807) is 0 Å². The van der Waals surface area contributed by atoms with Gasteiger partial charge in [0.05, 0.1) is 0 Å². The van der Waals surface area contributed by atoms with Crippen molar-refractivity contribution in [3.05, 3.63) is 0 Å². The van der Waals surface area contributed by atoms with Gasteiger partial charge in [0.2, 0.25) is 0 Å². The Bertz CT molecular complexity index is 592. The van der Waals surface area contributed by atoms with Gasteiger partial charge in [0.15, 0.2) is 0 Å². The van der Waals surface area contributed by atoms with Crippen LogP contribution in [0.5, 0.6) is 0 Å².